The maximum absolute atomic E-state index is 12.7. The van der Waals surface area contributed by atoms with E-state index in [0.29, 0.717) is 13.0 Å². The van der Waals surface area contributed by atoms with Gasteiger partial charge in [0.15, 0.2) is 0 Å². The Morgan fingerprint density at radius 3 is 2.59 bits per heavy atom. The van der Waals surface area contributed by atoms with Gasteiger partial charge < -0.3 is 14.8 Å². The van der Waals surface area contributed by atoms with Crippen LogP contribution in [-0.2, 0) is 20.8 Å². The molecule has 27 heavy (non-hydrogen) atoms. The molecule has 6 nitrogen and oxygen atoms in total. The Bertz CT molecular complexity index is 685. The minimum absolute atomic E-state index is 0.0668. The molecule has 3 atom stereocenters. The molecule has 1 amide bonds. The molecule has 0 unspecified atom stereocenters. The number of carbonyl (C=O) groups is 2. The van der Waals surface area contributed by atoms with Crippen molar-refractivity contribution in [2.24, 2.45) is 11.3 Å². The summed E-state index contributed by atoms with van der Waals surface area (Å²) in [4.78, 5) is 27.1. The third-order valence-corrected chi connectivity index (χ3v) is 5.51. The highest BCUT2D eigenvalue weighted by Crippen LogP contribution is 2.50. The summed E-state index contributed by atoms with van der Waals surface area (Å²) in [5.41, 5.74) is 0.148. The number of fused-ring (bicyclic) bond motifs is 1. The number of ether oxygens (including phenoxy) is 2. The van der Waals surface area contributed by atoms with Crippen molar-refractivity contribution in [3.63, 3.8) is 0 Å². The number of methoxy groups -OCH3 is 1. The number of amides is 1. The summed E-state index contributed by atoms with van der Waals surface area (Å²) in [6, 6.07) is 10.2. The fourth-order valence-corrected chi connectivity index (χ4v) is 4.54. The first kappa shape index (κ1) is 19.7. The zero-order valence-corrected chi connectivity index (χ0v) is 16.7. The van der Waals surface area contributed by atoms with Crippen molar-refractivity contribution in [2.45, 2.75) is 51.8 Å². The van der Waals surface area contributed by atoms with Crippen LogP contribution in [0.4, 0.5) is 4.79 Å². The number of nitrogens with one attached hydrogen (secondary N) is 1. The number of carbonyl (C=O) groups excluding carboxylic acids is 2. The molecule has 0 bridgehead atoms. The van der Waals surface area contributed by atoms with Gasteiger partial charge in [0.05, 0.1) is 12.5 Å². The van der Waals surface area contributed by atoms with E-state index in [4.69, 9.17) is 9.47 Å². The lowest BCUT2D eigenvalue weighted by molar-refractivity contribution is -0.153. The van der Waals surface area contributed by atoms with Crippen LogP contribution in [0.2, 0.25) is 0 Å². The van der Waals surface area contributed by atoms with Crippen molar-refractivity contribution in [3.8, 4) is 0 Å². The summed E-state index contributed by atoms with van der Waals surface area (Å²) in [6.07, 6.45) is 0.933. The number of esters is 1. The van der Waals surface area contributed by atoms with Gasteiger partial charge in [0.2, 0.25) is 0 Å². The Balaban J connectivity index is 1.67. The number of alkyl carbamates (subject to hydrolysis) is 1. The predicted molar refractivity (Wildman–Crippen MR) is 102 cm³/mol. The molecule has 1 aromatic carbocycles. The molecule has 1 N–H and O–H groups in total. The highest BCUT2D eigenvalue weighted by molar-refractivity contribution is 5.79. The maximum atomic E-state index is 12.7. The Morgan fingerprint density at radius 2 is 1.96 bits per heavy atom. The highest BCUT2D eigenvalue weighted by Gasteiger charge is 2.58. The van der Waals surface area contributed by atoms with E-state index in [1.807, 2.05) is 39.0 Å². The number of hydrogen-bond acceptors (Lipinski definition) is 5. The molecule has 0 aromatic heterocycles. The van der Waals surface area contributed by atoms with Gasteiger partial charge in [-0.25, -0.2) is 4.79 Å². The van der Waals surface area contributed by atoms with Crippen LogP contribution in [0, 0.1) is 11.3 Å². The third-order valence-electron chi connectivity index (χ3n) is 5.51. The fraction of sp³-hybridized carbons (Fsp3) is 0.619. The van der Waals surface area contributed by atoms with Crippen LogP contribution in [0.25, 0.3) is 0 Å². The lowest BCUT2D eigenvalue weighted by atomic mass is 9.81. The van der Waals surface area contributed by atoms with Gasteiger partial charge in [-0.05, 0) is 45.1 Å². The van der Waals surface area contributed by atoms with Crippen LogP contribution in [0.1, 0.15) is 39.2 Å². The van der Waals surface area contributed by atoms with Crippen molar-refractivity contribution in [2.75, 3.05) is 20.2 Å². The topological polar surface area (TPSA) is 67.9 Å². The first-order chi connectivity index (χ1) is 12.7. The van der Waals surface area contributed by atoms with Crippen LogP contribution in [-0.4, -0.2) is 48.8 Å². The molecule has 1 heterocycles. The smallest absolute Gasteiger partial charge is 0.407 e. The number of nitrogens with zero attached hydrogens (tertiary/aromatic N) is 1. The molecule has 1 aliphatic carbocycles. The lowest BCUT2D eigenvalue weighted by Crippen LogP contribution is -2.41. The van der Waals surface area contributed by atoms with Gasteiger partial charge in [0.1, 0.15) is 5.60 Å². The first-order valence-electron chi connectivity index (χ1n) is 9.56. The highest BCUT2D eigenvalue weighted by atomic mass is 16.6. The summed E-state index contributed by atoms with van der Waals surface area (Å²) in [6.45, 7) is 7.83. The SMILES string of the molecule is COC(=O)[C@]12C[C@@H](NC(=O)OC(C)(C)C)C[C@@H]1CN(Cc1ccccc1)C2. The van der Waals surface area contributed by atoms with E-state index in [0.717, 1.165) is 19.5 Å². The second-order valence-corrected chi connectivity index (χ2v) is 8.78. The number of rotatable bonds is 4. The number of likely N-dealkylation sites (tertiary alicyclic amines) is 1. The van der Waals surface area contributed by atoms with E-state index in [1.54, 1.807) is 0 Å². The third kappa shape index (κ3) is 4.43. The Morgan fingerprint density at radius 1 is 1.26 bits per heavy atom. The molecule has 6 heteroatoms. The van der Waals surface area contributed by atoms with Gasteiger partial charge in [-0.1, -0.05) is 30.3 Å². The summed E-state index contributed by atoms with van der Waals surface area (Å²) >= 11 is 0. The zero-order chi connectivity index (χ0) is 19.7. The summed E-state index contributed by atoms with van der Waals surface area (Å²) in [5, 5.41) is 2.94. The van der Waals surface area contributed by atoms with Crippen LogP contribution >= 0.6 is 0 Å². The van der Waals surface area contributed by atoms with Crippen LogP contribution in [0.3, 0.4) is 0 Å². The molecule has 3 rings (SSSR count). The van der Waals surface area contributed by atoms with Gasteiger partial charge >= 0.3 is 12.1 Å². The molecule has 0 spiro atoms. The van der Waals surface area contributed by atoms with E-state index in [-0.39, 0.29) is 17.9 Å². The van der Waals surface area contributed by atoms with Gasteiger partial charge in [-0.3, -0.25) is 9.69 Å². The molecule has 148 valence electrons. The Kier molecular flexibility index (Phi) is 5.47. The molecule has 1 saturated carbocycles. The maximum Gasteiger partial charge on any atom is 0.407 e. The molecule has 2 aliphatic rings. The summed E-state index contributed by atoms with van der Waals surface area (Å²) in [5.74, 6) is 0.00477. The molecule has 1 aliphatic heterocycles. The Labute approximate surface area is 161 Å². The predicted octanol–water partition coefficient (Wildman–Crippen LogP) is 2.96. The Hall–Kier alpha value is -2.08. The molecule has 1 saturated heterocycles. The van der Waals surface area contributed by atoms with Crippen LogP contribution in [0.5, 0.6) is 0 Å². The van der Waals surface area contributed by atoms with E-state index in [2.05, 4.69) is 22.3 Å². The number of hydrogen-bond donors (Lipinski definition) is 1. The standard InChI is InChI=1S/C21H30N2O4/c1-20(2,3)27-19(25)22-17-10-16-13-23(12-15-8-6-5-7-9-15)14-21(16,11-17)18(24)26-4/h5-9,16-17H,10-14H2,1-4H3,(H,22,25)/t16-,17+,21+/m1/s1. The lowest BCUT2D eigenvalue weighted by Gasteiger charge is -2.27. The molecular weight excluding hydrogens is 344 g/mol. The van der Waals surface area contributed by atoms with Gasteiger partial charge in [0.25, 0.3) is 0 Å². The van der Waals surface area contributed by atoms with Crippen molar-refractivity contribution < 1.29 is 19.1 Å². The van der Waals surface area contributed by atoms with Crippen molar-refractivity contribution in [1.29, 1.82) is 0 Å². The van der Waals surface area contributed by atoms with Crippen molar-refractivity contribution in [1.82, 2.24) is 10.2 Å². The average molecular weight is 374 g/mol. The van der Waals surface area contributed by atoms with E-state index in [1.165, 1.54) is 12.7 Å². The van der Waals surface area contributed by atoms with E-state index >= 15 is 0 Å². The van der Waals surface area contributed by atoms with Crippen LogP contribution < -0.4 is 5.32 Å². The van der Waals surface area contributed by atoms with Gasteiger partial charge in [-0.15, -0.1) is 0 Å². The first-order valence-corrected chi connectivity index (χ1v) is 9.56. The zero-order valence-electron chi connectivity index (χ0n) is 16.7. The summed E-state index contributed by atoms with van der Waals surface area (Å²) < 4.78 is 10.5. The minimum Gasteiger partial charge on any atom is -0.469 e. The second-order valence-electron chi connectivity index (χ2n) is 8.78. The minimum atomic E-state index is -0.552. The van der Waals surface area contributed by atoms with Crippen LogP contribution in [0.15, 0.2) is 30.3 Å². The monoisotopic (exact) mass is 374 g/mol. The molecule has 2 fully saturated rings. The molecule has 1 aromatic rings. The van der Waals surface area contributed by atoms with Crippen molar-refractivity contribution in [3.05, 3.63) is 35.9 Å². The molecule has 0 radical (unpaired) electrons. The second kappa shape index (κ2) is 7.50. The number of benzene rings is 1. The normalized spacial score (nSPS) is 27.9. The molecular formula is C21H30N2O4. The van der Waals surface area contributed by atoms with E-state index < -0.39 is 17.1 Å². The van der Waals surface area contributed by atoms with Crippen molar-refractivity contribution >= 4 is 12.1 Å². The summed E-state index contributed by atoms with van der Waals surface area (Å²) in [7, 11) is 1.45. The van der Waals surface area contributed by atoms with Gasteiger partial charge in [-0.2, -0.15) is 0 Å². The fourth-order valence-electron chi connectivity index (χ4n) is 4.54. The van der Waals surface area contributed by atoms with E-state index in [9.17, 15) is 9.59 Å². The quantitative estimate of drug-likeness (QED) is 0.821. The van der Waals surface area contributed by atoms with Gasteiger partial charge in [0, 0.05) is 25.7 Å². The average Bonchev–Trinajstić information content (AvgIpc) is 3.07. The largest absolute Gasteiger partial charge is 0.469 e.